The largest absolute Gasteiger partial charge is 0.496 e. The van der Waals surface area contributed by atoms with Crippen LogP contribution in [0.3, 0.4) is 0 Å². The van der Waals surface area contributed by atoms with Crippen LogP contribution in [0.15, 0.2) is 36.4 Å². The Hall–Kier alpha value is -2.50. The van der Waals surface area contributed by atoms with Gasteiger partial charge in [0.15, 0.2) is 5.78 Å². The topological polar surface area (TPSA) is 38.3 Å². The number of ketones is 1. The van der Waals surface area contributed by atoms with Gasteiger partial charge in [0.1, 0.15) is 5.75 Å². The molecule has 0 unspecified atom stereocenters. The number of anilines is 1. The Morgan fingerprint density at radius 1 is 1.21 bits per heavy atom. The van der Waals surface area contributed by atoms with Crippen LogP contribution in [0.5, 0.6) is 5.75 Å². The molecule has 0 radical (unpaired) electrons. The Kier molecular flexibility index (Phi) is 5.17. The number of benzene rings is 2. The SMILES string of the molecule is COc1c(C)cccc1CNc1ccc(C(C)=O)c(C(F)(F)F)c1. The third kappa shape index (κ3) is 3.88. The summed E-state index contributed by atoms with van der Waals surface area (Å²) < 4.78 is 44.7. The second-order valence-electron chi connectivity index (χ2n) is 5.44. The van der Waals surface area contributed by atoms with Crippen LogP contribution in [-0.2, 0) is 12.7 Å². The van der Waals surface area contributed by atoms with Gasteiger partial charge in [0, 0.05) is 23.4 Å². The maximum atomic E-state index is 13.1. The fourth-order valence-electron chi connectivity index (χ4n) is 2.54. The van der Waals surface area contributed by atoms with E-state index in [1.165, 1.54) is 12.1 Å². The van der Waals surface area contributed by atoms with Crippen molar-refractivity contribution in [3.63, 3.8) is 0 Å². The number of halogens is 3. The molecule has 0 amide bonds. The summed E-state index contributed by atoms with van der Waals surface area (Å²) in [4.78, 5) is 11.4. The Morgan fingerprint density at radius 2 is 1.92 bits per heavy atom. The molecule has 0 bridgehead atoms. The van der Waals surface area contributed by atoms with Crippen molar-refractivity contribution in [1.82, 2.24) is 0 Å². The van der Waals surface area contributed by atoms with E-state index >= 15 is 0 Å². The molecule has 0 fully saturated rings. The molecular formula is C18H18F3NO2. The molecule has 6 heteroatoms. The number of alkyl halides is 3. The molecular weight excluding hydrogens is 319 g/mol. The van der Waals surface area contributed by atoms with Crippen LogP contribution in [0.4, 0.5) is 18.9 Å². The summed E-state index contributed by atoms with van der Waals surface area (Å²) in [5, 5.41) is 2.95. The van der Waals surface area contributed by atoms with Gasteiger partial charge in [-0.05, 0) is 37.6 Å². The number of para-hydroxylation sites is 1. The number of methoxy groups -OCH3 is 1. The van der Waals surface area contributed by atoms with Crippen LogP contribution in [0.2, 0.25) is 0 Å². The molecule has 0 atom stereocenters. The van der Waals surface area contributed by atoms with E-state index in [9.17, 15) is 18.0 Å². The molecule has 1 N–H and O–H groups in total. The van der Waals surface area contributed by atoms with Crippen LogP contribution in [0.25, 0.3) is 0 Å². The number of carbonyl (C=O) groups is 1. The van der Waals surface area contributed by atoms with Crippen molar-refractivity contribution in [2.45, 2.75) is 26.6 Å². The monoisotopic (exact) mass is 337 g/mol. The molecule has 3 nitrogen and oxygen atoms in total. The zero-order valence-electron chi connectivity index (χ0n) is 13.6. The normalized spacial score (nSPS) is 11.2. The Balaban J connectivity index is 2.29. The van der Waals surface area contributed by atoms with E-state index < -0.39 is 17.5 Å². The summed E-state index contributed by atoms with van der Waals surface area (Å²) in [7, 11) is 1.55. The molecule has 0 saturated carbocycles. The number of aryl methyl sites for hydroxylation is 1. The Labute approximate surface area is 138 Å². The maximum Gasteiger partial charge on any atom is 0.417 e. The predicted molar refractivity (Wildman–Crippen MR) is 86.5 cm³/mol. The minimum atomic E-state index is -4.58. The van der Waals surface area contributed by atoms with Gasteiger partial charge in [-0.2, -0.15) is 13.2 Å². The Morgan fingerprint density at radius 3 is 2.50 bits per heavy atom. The maximum absolute atomic E-state index is 13.1. The summed E-state index contributed by atoms with van der Waals surface area (Å²) in [6.45, 7) is 3.32. The molecule has 2 aromatic carbocycles. The number of carbonyl (C=O) groups excluding carboxylic acids is 1. The first-order valence-electron chi connectivity index (χ1n) is 7.32. The second-order valence-corrected chi connectivity index (χ2v) is 5.44. The molecule has 0 aromatic heterocycles. The van der Waals surface area contributed by atoms with E-state index in [1.54, 1.807) is 7.11 Å². The molecule has 0 spiro atoms. The predicted octanol–water partition coefficient (Wildman–Crippen LogP) is 4.84. The van der Waals surface area contributed by atoms with E-state index in [-0.39, 0.29) is 11.3 Å². The number of hydrogen-bond donors (Lipinski definition) is 1. The highest BCUT2D eigenvalue weighted by atomic mass is 19.4. The lowest BCUT2D eigenvalue weighted by Crippen LogP contribution is -2.13. The first-order valence-corrected chi connectivity index (χ1v) is 7.32. The van der Waals surface area contributed by atoms with Crippen LogP contribution in [0, 0.1) is 6.92 Å². The average molecular weight is 337 g/mol. The van der Waals surface area contributed by atoms with Crippen molar-refractivity contribution >= 4 is 11.5 Å². The van der Waals surface area contributed by atoms with E-state index in [0.717, 1.165) is 24.1 Å². The first-order chi connectivity index (χ1) is 11.2. The number of ether oxygens (including phenoxy) is 1. The fraction of sp³-hybridized carbons (Fsp3) is 0.278. The minimum Gasteiger partial charge on any atom is -0.496 e. The van der Waals surface area contributed by atoms with Crippen molar-refractivity contribution in [2.75, 3.05) is 12.4 Å². The zero-order chi connectivity index (χ0) is 17.9. The highest BCUT2D eigenvalue weighted by Crippen LogP contribution is 2.34. The van der Waals surface area contributed by atoms with Crippen molar-refractivity contribution in [1.29, 1.82) is 0 Å². The lowest BCUT2D eigenvalue weighted by molar-refractivity contribution is -0.137. The standard InChI is InChI=1S/C18H18F3NO2/c1-11-5-4-6-13(17(11)24-3)10-22-14-7-8-15(12(2)23)16(9-14)18(19,20)21/h4-9,22H,10H2,1-3H3. The third-order valence-electron chi connectivity index (χ3n) is 3.68. The number of Topliss-reactive ketones (excluding diaryl/α,β-unsaturated/α-hetero) is 1. The van der Waals surface area contributed by atoms with Gasteiger partial charge >= 0.3 is 6.18 Å². The van der Waals surface area contributed by atoms with Crippen LogP contribution >= 0.6 is 0 Å². The van der Waals surface area contributed by atoms with Gasteiger partial charge in [0.05, 0.1) is 12.7 Å². The van der Waals surface area contributed by atoms with Crippen LogP contribution < -0.4 is 10.1 Å². The third-order valence-corrected chi connectivity index (χ3v) is 3.68. The van der Waals surface area contributed by atoms with E-state index in [4.69, 9.17) is 4.74 Å². The van der Waals surface area contributed by atoms with Crippen LogP contribution in [0.1, 0.15) is 34.0 Å². The second kappa shape index (κ2) is 6.95. The highest BCUT2D eigenvalue weighted by Gasteiger charge is 2.34. The first kappa shape index (κ1) is 17.8. The summed E-state index contributed by atoms with van der Waals surface area (Å²) in [5.41, 5.74) is 0.801. The fourth-order valence-corrected chi connectivity index (χ4v) is 2.54. The summed E-state index contributed by atoms with van der Waals surface area (Å²) >= 11 is 0. The Bertz CT molecular complexity index is 754. The molecule has 128 valence electrons. The molecule has 2 aromatic rings. The highest BCUT2D eigenvalue weighted by molar-refractivity contribution is 5.96. The van der Waals surface area contributed by atoms with Gasteiger partial charge in [-0.25, -0.2) is 0 Å². The summed E-state index contributed by atoms with van der Waals surface area (Å²) in [6.07, 6.45) is -4.58. The van der Waals surface area contributed by atoms with Crippen molar-refractivity contribution < 1.29 is 22.7 Å². The summed E-state index contributed by atoms with van der Waals surface area (Å²) in [5.74, 6) is 0.0793. The molecule has 0 heterocycles. The molecule has 0 aliphatic carbocycles. The van der Waals surface area contributed by atoms with Gasteiger partial charge in [-0.15, -0.1) is 0 Å². The molecule has 0 aliphatic rings. The van der Waals surface area contributed by atoms with Crippen molar-refractivity contribution in [3.05, 3.63) is 58.7 Å². The van der Waals surface area contributed by atoms with Gasteiger partial charge < -0.3 is 10.1 Å². The lowest BCUT2D eigenvalue weighted by atomic mass is 10.0. The zero-order valence-corrected chi connectivity index (χ0v) is 13.6. The minimum absolute atomic E-state index is 0.288. The van der Waals surface area contributed by atoms with Crippen molar-refractivity contribution in [3.8, 4) is 5.75 Å². The van der Waals surface area contributed by atoms with E-state index in [2.05, 4.69) is 5.32 Å². The summed E-state index contributed by atoms with van der Waals surface area (Å²) in [6, 6.07) is 9.21. The number of hydrogen-bond acceptors (Lipinski definition) is 3. The smallest absolute Gasteiger partial charge is 0.417 e. The van der Waals surface area contributed by atoms with Crippen molar-refractivity contribution in [2.24, 2.45) is 0 Å². The number of nitrogens with one attached hydrogen (secondary N) is 1. The molecule has 0 saturated heterocycles. The van der Waals surface area contributed by atoms with Gasteiger partial charge in [0.2, 0.25) is 0 Å². The van der Waals surface area contributed by atoms with E-state index in [1.807, 2.05) is 25.1 Å². The quantitative estimate of drug-likeness (QED) is 0.794. The van der Waals surface area contributed by atoms with Gasteiger partial charge in [-0.1, -0.05) is 18.2 Å². The van der Waals surface area contributed by atoms with Crippen LogP contribution in [-0.4, -0.2) is 12.9 Å². The average Bonchev–Trinajstić information content (AvgIpc) is 2.51. The molecule has 2 rings (SSSR count). The van der Waals surface area contributed by atoms with E-state index in [0.29, 0.717) is 12.3 Å². The number of rotatable bonds is 5. The van der Waals surface area contributed by atoms with Gasteiger partial charge in [-0.3, -0.25) is 4.79 Å². The molecule has 24 heavy (non-hydrogen) atoms. The lowest BCUT2D eigenvalue weighted by Gasteiger charge is -2.15. The molecule has 0 aliphatic heterocycles. The van der Waals surface area contributed by atoms with Gasteiger partial charge in [0.25, 0.3) is 0 Å².